The average molecular weight is 403 g/mol. The van der Waals surface area contributed by atoms with Gasteiger partial charge < -0.3 is 29.9 Å². The maximum atomic E-state index is 12.4. The Balaban J connectivity index is 1.72. The molecule has 3 aromatic carbocycles. The van der Waals surface area contributed by atoms with Crippen molar-refractivity contribution in [3.63, 3.8) is 0 Å². The maximum Gasteiger partial charge on any atom is 0.255 e. The first-order valence-corrected chi connectivity index (χ1v) is 8.98. The zero-order valence-electron chi connectivity index (χ0n) is 16.2. The lowest BCUT2D eigenvalue weighted by molar-refractivity contribution is -0.259. The molecule has 7 nitrogen and oxygen atoms in total. The lowest BCUT2D eigenvalue weighted by Crippen LogP contribution is -2.30. The fraction of sp³-hybridized carbons (Fsp3) is 0.0870. The van der Waals surface area contributed by atoms with Crippen LogP contribution in [0, 0.1) is 13.8 Å². The van der Waals surface area contributed by atoms with E-state index >= 15 is 0 Å². The number of anilines is 1. The van der Waals surface area contributed by atoms with Crippen molar-refractivity contribution >= 4 is 23.5 Å². The molecule has 0 aliphatic rings. The van der Waals surface area contributed by atoms with Gasteiger partial charge in [0.1, 0.15) is 11.5 Å². The summed E-state index contributed by atoms with van der Waals surface area (Å²) in [5.41, 5.74) is 2.18. The first-order chi connectivity index (χ1) is 14.2. The number of nitrogens with one attached hydrogen (secondary N) is 1. The summed E-state index contributed by atoms with van der Waals surface area (Å²) in [5.74, 6) is -3.03. The molecule has 0 saturated carbocycles. The highest BCUT2D eigenvalue weighted by molar-refractivity contribution is 6.04. The summed E-state index contributed by atoms with van der Waals surface area (Å²) in [5, 5.41) is 24.9. The highest BCUT2D eigenvalue weighted by Crippen LogP contribution is 2.25. The van der Waals surface area contributed by atoms with Gasteiger partial charge in [-0.05, 0) is 79.6 Å². The summed E-state index contributed by atoms with van der Waals surface area (Å²) in [6.45, 7) is 3.90. The van der Waals surface area contributed by atoms with Crippen LogP contribution < -0.4 is 20.3 Å². The number of hydrogen-bond acceptors (Lipinski definition) is 6. The number of carbonyl (C=O) groups is 3. The summed E-state index contributed by atoms with van der Waals surface area (Å²) in [6, 6.07) is 15.3. The number of aryl methyl sites for hydroxylation is 2. The van der Waals surface area contributed by atoms with E-state index in [1.807, 2.05) is 26.0 Å². The molecule has 0 saturated heterocycles. The Labute approximate surface area is 172 Å². The zero-order chi connectivity index (χ0) is 21.8. The number of amides is 1. The van der Waals surface area contributed by atoms with Gasteiger partial charge in [0.25, 0.3) is 5.91 Å². The minimum absolute atomic E-state index is 0.117. The Morgan fingerprint density at radius 1 is 0.733 bits per heavy atom. The van der Waals surface area contributed by atoms with Crippen LogP contribution in [-0.4, -0.2) is 17.8 Å². The van der Waals surface area contributed by atoms with Crippen LogP contribution in [0.2, 0.25) is 0 Å². The number of rotatable bonds is 6. The fourth-order valence-electron chi connectivity index (χ4n) is 2.76. The second-order valence-corrected chi connectivity index (χ2v) is 6.66. The van der Waals surface area contributed by atoms with Gasteiger partial charge >= 0.3 is 0 Å². The van der Waals surface area contributed by atoms with Crippen LogP contribution in [0.1, 0.15) is 42.2 Å². The smallest absolute Gasteiger partial charge is 0.255 e. The molecule has 152 valence electrons. The molecule has 3 rings (SSSR count). The maximum absolute atomic E-state index is 12.4. The summed E-state index contributed by atoms with van der Waals surface area (Å²) < 4.78 is 5.56. The molecule has 3 aromatic rings. The summed E-state index contributed by atoms with van der Waals surface area (Å²) in [6.07, 6.45) is 0. The monoisotopic (exact) mass is 403 g/mol. The first-order valence-electron chi connectivity index (χ1n) is 8.98. The van der Waals surface area contributed by atoms with Gasteiger partial charge in [0.05, 0.1) is 11.9 Å². The number of ether oxygens (including phenoxy) is 1. The Hall–Kier alpha value is -4.13. The van der Waals surface area contributed by atoms with E-state index in [4.69, 9.17) is 4.74 Å². The normalized spacial score (nSPS) is 10.3. The molecular formula is C23H17NO6-2. The second-order valence-electron chi connectivity index (χ2n) is 6.66. The first kappa shape index (κ1) is 20.6. The van der Waals surface area contributed by atoms with Crippen LogP contribution in [0.25, 0.3) is 0 Å². The van der Waals surface area contributed by atoms with E-state index in [1.165, 1.54) is 6.07 Å². The van der Waals surface area contributed by atoms with Crippen molar-refractivity contribution in [1.29, 1.82) is 0 Å². The highest BCUT2D eigenvalue weighted by atomic mass is 16.5. The molecule has 0 aromatic heterocycles. The average Bonchev–Trinajstić information content (AvgIpc) is 2.71. The molecule has 0 bridgehead atoms. The molecule has 0 atom stereocenters. The molecule has 0 radical (unpaired) electrons. The van der Waals surface area contributed by atoms with E-state index in [1.54, 1.807) is 30.3 Å². The fourth-order valence-corrected chi connectivity index (χ4v) is 2.76. The Morgan fingerprint density at radius 3 is 1.97 bits per heavy atom. The molecule has 0 fully saturated rings. The van der Waals surface area contributed by atoms with Crippen molar-refractivity contribution in [3.05, 3.63) is 88.5 Å². The lowest BCUT2D eigenvalue weighted by Gasteiger charge is -2.14. The van der Waals surface area contributed by atoms with Gasteiger partial charge in [0.15, 0.2) is 0 Å². The molecule has 30 heavy (non-hydrogen) atoms. The number of carboxylic acid groups (broad SMARTS) is 2. The number of benzene rings is 3. The van der Waals surface area contributed by atoms with Gasteiger partial charge in [-0.2, -0.15) is 0 Å². The summed E-state index contributed by atoms with van der Waals surface area (Å²) >= 11 is 0. The number of carbonyl (C=O) groups excluding carboxylic acids is 3. The largest absolute Gasteiger partial charge is 0.545 e. The minimum Gasteiger partial charge on any atom is -0.545 e. The second kappa shape index (κ2) is 8.48. The topological polar surface area (TPSA) is 119 Å². The molecule has 7 heteroatoms. The lowest BCUT2D eigenvalue weighted by atomic mass is 10.1. The van der Waals surface area contributed by atoms with Crippen LogP contribution in [-0.2, 0) is 0 Å². The molecule has 1 amide bonds. The van der Waals surface area contributed by atoms with Gasteiger partial charge in [0.2, 0.25) is 0 Å². The van der Waals surface area contributed by atoms with Crippen LogP contribution >= 0.6 is 0 Å². The van der Waals surface area contributed by atoms with Gasteiger partial charge in [-0.3, -0.25) is 4.79 Å². The SMILES string of the molecule is Cc1ccc(C(=O)Nc2ccc(Oc3ccc(C(=O)[O-])c(C(=O)[O-])c3)cc2)cc1C. The summed E-state index contributed by atoms with van der Waals surface area (Å²) in [4.78, 5) is 34.5. The van der Waals surface area contributed by atoms with E-state index in [9.17, 15) is 24.6 Å². The Morgan fingerprint density at radius 2 is 1.37 bits per heavy atom. The van der Waals surface area contributed by atoms with E-state index < -0.39 is 23.1 Å². The van der Waals surface area contributed by atoms with E-state index in [0.717, 1.165) is 23.3 Å². The van der Waals surface area contributed by atoms with Gasteiger partial charge in [0, 0.05) is 22.4 Å². The predicted octanol–water partition coefficient (Wildman–Crippen LogP) is 2.08. The van der Waals surface area contributed by atoms with Crippen molar-refractivity contribution in [2.24, 2.45) is 0 Å². The van der Waals surface area contributed by atoms with Crippen molar-refractivity contribution in [3.8, 4) is 11.5 Å². The van der Waals surface area contributed by atoms with E-state index in [-0.39, 0.29) is 11.7 Å². The van der Waals surface area contributed by atoms with Crippen LogP contribution in [0.15, 0.2) is 60.7 Å². The quantitative estimate of drug-likeness (QED) is 0.673. The molecule has 0 spiro atoms. The number of hydrogen-bond donors (Lipinski definition) is 1. The van der Waals surface area contributed by atoms with Crippen molar-refractivity contribution < 1.29 is 29.3 Å². The Bertz CT molecular complexity index is 1130. The predicted molar refractivity (Wildman–Crippen MR) is 105 cm³/mol. The zero-order valence-corrected chi connectivity index (χ0v) is 16.2. The molecule has 1 N–H and O–H groups in total. The third-order valence-electron chi connectivity index (χ3n) is 4.55. The van der Waals surface area contributed by atoms with E-state index in [2.05, 4.69) is 5.32 Å². The van der Waals surface area contributed by atoms with Crippen molar-refractivity contribution in [2.75, 3.05) is 5.32 Å². The van der Waals surface area contributed by atoms with Gasteiger partial charge in [-0.1, -0.05) is 6.07 Å². The highest BCUT2D eigenvalue weighted by Gasteiger charge is 2.09. The van der Waals surface area contributed by atoms with Crippen LogP contribution in [0.5, 0.6) is 11.5 Å². The minimum atomic E-state index is -1.65. The van der Waals surface area contributed by atoms with Crippen molar-refractivity contribution in [2.45, 2.75) is 13.8 Å². The van der Waals surface area contributed by atoms with Crippen molar-refractivity contribution in [1.82, 2.24) is 0 Å². The molecule has 0 aliphatic carbocycles. The van der Waals surface area contributed by atoms with Crippen LogP contribution in [0.4, 0.5) is 5.69 Å². The van der Waals surface area contributed by atoms with Gasteiger partial charge in [-0.15, -0.1) is 0 Å². The molecule has 0 unspecified atom stereocenters. The van der Waals surface area contributed by atoms with Gasteiger partial charge in [-0.25, -0.2) is 0 Å². The molecular weight excluding hydrogens is 386 g/mol. The third kappa shape index (κ3) is 4.64. The Kier molecular flexibility index (Phi) is 5.83. The molecule has 0 aliphatic heterocycles. The number of carboxylic acids is 2. The third-order valence-corrected chi connectivity index (χ3v) is 4.55. The number of aromatic carboxylic acids is 2. The molecule has 0 heterocycles. The standard InChI is InChI=1S/C23H19NO6/c1-13-3-4-15(11-14(13)2)21(25)24-16-5-7-17(8-6-16)30-18-9-10-19(22(26)27)20(12-18)23(28)29/h3-12H,1-2H3,(H,24,25)(H,26,27)(H,28,29)/p-2. The van der Waals surface area contributed by atoms with E-state index in [0.29, 0.717) is 17.0 Å². The summed E-state index contributed by atoms with van der Waals surface area (Å²) in [7, 11) is 0. The van der Waals surface area contributed by atoms with Crippen LogP contribution in [0.3, 0.4) is 0 Å².